The van der Waals surface area contributed by atoms with Gasteiger partial charge in [-0.1, -0.05) is 6.07 Å². The number of hydrogen-bond acceptors (Lipinski definition) is 4. The predicted molar refractivity (Wildman–Crippen MR) is 96.8 cm³/mol. The highest BCUT2D eigenvalue weighted by Gasteiger charge is 2.09. The Balaban J connectivity index is 2.02. The number of aromatic amines is 1. The minimum atomic E-state index is 0.447. The average molecular weight is 384 g/mol. The molecule has 0 radical (unpaired) electrons. The Labute approximate surface area is 147 Å². The zero-order valence-electron chi connectivity index (χ0n) is 13.1. The summed E-state index contributed by atoms with van der Waals surface area (Å²) in [7, 11) is 3.22. The quantitative estimate of drug-likeness (QED) is 0.677. The van der Waals surface area contributed by atoms with E-state index < -0.39 is 0 Å². The summed E-state index contributed by atoms with van der Waals surface area (Å²) in [5.74, 6) is 1.99. The van der Waals surface area contributed by atoms with Crippen molar-refractivity contribution in [2.75, 3.05) is 14.2 Å². The van der Waals surface area contributed by atoms with Crippen LogP contribution in [0, 0.1) is 11.3 Å². The molecule has 1 heterocycles. The van der Waals surface area contributed by atoms with Crippen LogP contribution in [0.1, 0.15) is 11.4 Å². The largest absolute Gasteiger partial charge is 0.497 e. The summed E-state index contributed by atoms with van der Waals surface area (Å²) in [4.78, 5) is 7.63. The van der Waals surface area contributed by atoms with Gasteiger partial charge < -0.3 is 14.5 Å². The van der Waals surface area contributed by atoms with Gasteiger partial charge in [-0.3, -0.25) is 0 Å². The molecule has 6 heteroatoms. The van der Waals surface area contributed by atoms with Crippen LogP contribution in [0.5, 0.6) is 11.5 Å². The van der Waals surface area contributed by atoms with Gasteiger partial charge in [-0.15, -0.1) is 0 Å². The highest BCUT2D eigenvalue weighted by Crippen LogP contribution is 2.28. The van der Waals surface area contributed by atoms with Gasteiger partial charge in [0.25, 0.3) is 0 Å². The summed E-state index contributed by atoms with van der Waals surface area (Å²) in [6.07, 6.45) is 1.78. The number of nitrogens with one attached hydrogen (secondary N) is 1. The molecule has 0 spiro atoms. The van der Waals surface area contributed by atoms with Crippen molar-refractivity contribution < 1.29 is 9.47 Å². The summed E-state index contributed by atoms with van der Waals surface area (Å²) >= 11 is 3.44. The van der Waals surface area contributed by atoms with Crippen LogP contribution in [0.25, 0.3) is 22.7 Å². The van der Waals surface area contributed by atoms with Gasteiger partial charge in [-0.25, -0.2) is 4.98 Å². The molecular formula is C18H14BrN3O2. The number of H-pyrrole nitrogens is 1. The van der Waals surface area contributed by atoms with Crippen molar-refractivity contribution in [2.45, 2.75) is 0 Å². The van der Waals surface area contributed by atoms with Crippen LogP contribution in [0.4, 0.5) is 0 Å². The van der Waals surface area contributed by atoms with E-state index in [9.17, 15) is 5.26 Å². The summed E-state index contributed by atoms with van der Waals surface area (Å²) in [5.41, 5.74) is 2.92. The first-order chi connectivity index (χ1) is 11.6. The molecule has 0 saturated heterocycles. The lowest BCUT2D eigenvalue weighted by Crippen LogP contribution is -1.87. The lowest BCUT2D eigenvalue weighted by molar-refractivity contribution is 0.412. The third-order valence-electron chi connectivity index (χ3n) is 3.55. The summed E-state index contributed by atoms with van der Waals surface area (Å²) in [5, 5.41) is 9.50. The lowest BCUT2D eigenvalue weighted by Gasteiger charge is -2.03. The predicted octanol–water partition coefficient (Wildman–Crippen LogP) is 4.41. The molecule has 0 amide bonds. The maximum Gasteiger partial charge on any atom is 0.149 e. The number of allylic oxidation sites excluding steroid dienone is 1. The molecule has 3 rings (SSSR count). The molecule has 0 fully saturated rings. The first kappa shape index (κ1) is 16.1. The minimum absolute atomic E-state index is 0.447. The summed E-state index contributed by atoms with van der Waals surface area (Å²) in [6.45, 7) is 0. The Morgan fingerprint density at radius 1 is 1.21 bits per heavy atom. The molecule has 0 aliphatic carbocycles. The van der Waals surface area contributed by atoms with Crippen molar-refractivity contribution >= 4 is 38.6 Å². The number of methoxy groups -OCH3 is 2. The zero-order valence-corrected chi connectivity index (χ0v) is 14.7. The van der Waals surface area contributed by atoms with Crippen LogP contribution in [-0.2, 0) is 0 Å². The number of benzene rings is 2. The number of aromatic nitrogens is 2. The Morgan fingerprint density at radius 2 is 2.04 bits per heavy atom. The summed E-state index contributed by atoms with van der Waals surface area (Å²) < 4.78 is 11.2. The molecule has 120 valence electrons. The highest BCUT2D eigenvalue weighted by molar-refractivity contribution is 9.10. The highest BCUT2D eigenvalue weighted by atomic mass is 79.9. The van der Waals surface area contributed by atoms with E-state index in [1.165, 1.54) is 0 Å². The molecule has 0 unspecified atom stereocenters. The van der Waals surface area contributed by atoms with E-state index in [0.29, 0.717) is 11.4 Å². The number of nitrogens with zero attached hydrogens (tertiary/aromatic N) is 2. The van der Waals surface area contributed by atoms with Crippen LogP contribution in [0.2, 0.25) is 0 Å². The van der Waals surface area contributed by atoms with Gasteiger partial charge in [-0.05, 0) is 51.8 Å². The number of hydrogen-bond donors (Lipinski definition) is 1. The van der Waals surface area contributed by atoms with Crippen molar-refractivity contribution in [3.8, 4) is 17.6 Å². The SMILES string of the molecule is COc1ccc2nc(/C(C#N)=C/c3ccc(OC)c(Br)c3)[nH]c2c1. The van der Waals surface area contributed by atoms with Crippen LogP contribution < -0.4 is 9.47 Å². The molecule has 0 aliphatic heterocycles. The van der Waals surface area contributed by atoms with E-state index in [0.717, 1.165) is 32.6 Å². The van der Waals surface area contributed by atoms with Crippen molar-refractivity contribution in [2.24, 2.45) is 0 Å². The molecule has 0 saturated carbocycles. The van der Waals surface area contributed by atoms with Crippen molar-refractivity contribution in [1.29, 1.82) is 5.26 Å². The maximum absolute atomic E-state index is 9.50. The fourth-order valence-electron chi connectivity index (χ4n) is 2.34. The van der Waals surface area contributed by atoms with Gasteiger partial charge >= 0.3 is 0 Å². The molecular weight excluding hydrogens is 370 g/mol. The lowest BCUT2D eigenvalue weighted by atomic mass is 10.1. The van der Waals surface area contributed by atoms with Crippen LogP contribution in [-0.4, -0.2) is 24.2 Å². The normalized spacial score (nSPS) is 11.3. The second-order valence-corrected chi connectivity index (χ2v) is 5.89. The van der Waals surface area contributed by atoms with E-state index in [-0.39, 0.29) is 0 Å². The molecule has 2 aromatic carbocycles. The molecule has 1 aromatic heterocycles. The molecule has 3 aromatic rings. The van der Waals surface area contributed by atoms with Gasteiger partial charge in [0.05, 0.1) is 35.3 Å². The number of imidazole rings is 1. The Bertz CT molecular complexity index is 970. The van der Waals surface area contributed by atoms with Crippen molar-refractivity contribution in [3.63, 3.8) is 0 Å². The number of halogens is 1. The number of rotatable bonds is 4. The number of fused-ring (bicyclic) bond motifs is 1. The maximum atomic E-state index is 9.50. The number of ether oxygens (including phenoxy) is 2. The third kappa shape index (κ3) is 3.12. The average Bonchev–Trinajstić information content (AvgIpc) is 3.02. The van der Waals surface area contributed by atoms with Gasteiger partial charge in [0.2, 0.25) is 0 Å². The van der Waals surface area contributed by atoms with Crippen LogP contribution >= 0.6 is 15.9 Å². The second kappa shape index (κ2) is 6.77. The Kier molecular flexibility index (Phi) is 4.54. The van der Waals surface area contributed by atoms with Crippen LogP contribution in [0.3, 0.4) is 0 Å². The van der Waals surface area contributed by atoms with Crippen molar-refractivity contribution in [3.05, 3.63) is 52.3 Å². The third-order valence-corrected chi connectivity index (χ3v) is 4.17. The van der Waals surface area contributed by atoms with E-state index in [1.54, 1.807) is 20.3 Å². The first-order valence-corrected chi connectivity index (χ1v) is 7.93. The smallest absolute Gasteiger partial charge is 0.149 e. The molecule has 0 bridgehead atoms. The van der Waals surface area contributed by atoms with Crippen molar-refractivity contribution in [1.82, 2.24) is 9.97 Å². The first-order valence-electron chi connectivity index (χ1n) is 7.14. The molecule has 5 nitrogen and oxygen atoms in total. The number of nitriles is 1. The standard InChI is InChI=1S/C18H14BrN3O2/c1-23-13-4-5-15-16(9-13)22-18(21-15)12(10-20)7-11-3-6-17(24-2)14(19)8-11/h3-9H,1-2H3,(H,21,22)/b12-7+. The van der Waals surface area contributed by atoms with Gasteiger partial charge in [0, 0.05) is 6.07 Å². The van der Waals surface area contributed by atoms with E-state index in [4.69, 9.17) is 9.47 Å². The Morgan fingerprint density at radius 3 is 2.71 bits per heavy atom. The van der Waals surface area contributed by atoms with E-state index >= 15 is 0 Å². The topological polar surface area (TPSA) is 70.9 Å². The van der Waals surface area contributed by atoms with Gasteiger partial charge in [0.1, 0.15) is 23.4 Å². The Hall–Kier alpha value is -2.78. The van der Waals surface area contributed by atoms with Gasteiger partial charge in [-0.2, -0.15) is 5.26 Å². The monoisotopic (exact) mass is 383 g/mol. The van der Waals surface area contributed by atoms with Crippen LogP contribution in [0.15, 0.2) is 40.9 Å². The second-order valence-electron chi connectivity index (χ2n) is 5.03. The van der Waals surface area contributed by atoms with E-state index in [2.05, 4.69) is 32.0 Å². The molecule has 0 aliphatic rings. The molecule has 0 atom stereocenters. The van der Waals surface area contributed by atoms with E-state index in [1.807, 2.05) is 36.4 Å². The zero-order chi connectivity index (χ0) is 17.1. The fourth-order valence-corrected chi connectivity index (χ4v) is 2.89. The molecule has 1 N–H and O–H groups in total. The fraction of sp³-hybridized carbons (Fsp3) is 0.111. The molecule has 24 heavy (non-hydrogen) atoms. The minimum Gasteiger partial charge on any atom is -0.497 e. The van der Waals surface area contributed by atoms with Gasteiger partial charge in [0.15, 0.2) is 0 Å². The summed E-state index contributed by atoms with van der Waals surface area (Å²) in [6, 6.07) is 13.4.